The van der Waals surface area contributed by atoms with E-state index in [1.807, 2.05) is 0 Å². The normalized spacial score (nSPS) is 13.9. The van der Waals surface area contributed by atoms with Gasteiger partial charge >= 0.3 is 0 Å². The van der Waals surface area contributed by atoms with Crippen LogP contribution in [0.2, 0.25) is 0 Å². The zero-order chi connectivity index (χ0) is 8.69. The summed E-state index contributed by atoms with van der Waals surface area (Å²) in [7, 11) is 0. The van der Waals surface area contributed by atoms with E-state index in [1.54, 1.807) is 0 Å². The molecule has 1 unspecified atom stereocenters. The van der Waals surface area contributed by atoms with Crippen LogP contribution in [0.4, 0.5) is 0 Å². The first-order chi connectivity index (χ1) is 5.22. The number of hydrogen-bond acceptors (Lipinski definition) is 2. The molecular formula is C9H21NS. The monoisotopic (exact) mass is 175 g/mol. The quantitative estimate of drug-likeness (QED) is 0.628. The largest absolute Gasteiger partial charge is 0.278 e. The lowest BCUT2D eigenvalue weighted by Gasteiger charge is -2.19. The molecule has 1 nitrogen and oxygen atoms in total. The van der Waals surface area contributed by atoms with Gasteiger partial charge in [0.25, 0.3) is 0 Å². The summed E-state index contributed by atoms with van der Waals surface area (Å²) in [5.74, 6) is 2.82. The van der Waals surface area contributed by atoms with Gasteiger partial charge in [0.2, 0.25) is 0 Å². The van der Waals surface area contributed by atoms with Crippen LogP contribution in [0.3, 0.4) is 0 Å². The van der Waals surface area contributed by atoms with Crippen molar-refractivity contribution in [2.75, 3.05) is 5.75 Å². The molecule has 0 bridgehead atoms. The molecular weight excluding hydrogens is 154 g/mol. The van der Waals surface area contributed by atoms with Crippen LogP contribution in [0.1, 0.15) is 40.0 Å². The summed E-state index contributed by atoms with van der Waals surface area (Å²) >= 11 is 1.47. The van der Waals surface area contributed by atoms with Crippen molar-refractivity contribution in [1.29, 1.82) is 0 Å². The summed E-state index contributed by atoms with van der Waals surface area (Å²) < 4.78 is 0. The molecule has 0 rings (SSSR count). The van der Waals surface area contributed by atoms with Gasteiger partial charge in [-0.3, -0.25) is 5.14 Å². The van der Waals surface area contributed by atoms with Crippen LogP contribution >= 0.6 is 11.9 Å². The molecule has 0 aliphatic heterocycles. The Bertz CT molecular complexity index is 83.6. The zero-order valence-electron chi connectivity index (χ0n) is 7.97. The summed E-state index contributed by atoms with van der Waals surface area (Å²) in [5.41, 5.74) is 0. The second-order valence-electron chi connectivity index (χ2n) is 3.45. The van der Waals surface area contributed by atoms with Crippen LogP contribution in [-0.4, -0.2) is 5.75 Å². The van der Waals surface area contributed by atoms with E-state index < -0.39 is 0 Å². The van der Waals surface area contributed by atoms with Crippen LogP contribution in [-0.2, 0) is 0 Å². The Morgan fingerprint density at radius 1 is 1.27 bits per heavy atom. The van der Waals surface area contributed by atoms with Crippen LogP contribution in [0.25, 0.3) is 0 Å². The fourth-order valence-corrected chi connectivity index (χ4v) is 1.84. The molecule has 0 aromatic carbocycles. The molecule has 0 heterocycles. The molecule has 2 heteroatoms. The van der Waals surface area contributed by atoms with Crippen molar-refractivity contribution in [2.24, 2.45) is 17.0 Å². The average molecular weight is 175 g/mol. The van der Waals surface area contributed by atoms with E-state index in [0.717, 1.165) is 17.6 Å². The number of hydrogen-bond donors (Lipinski definition) is 1. The molecule has 1 atom stereocenters. The second kappa shape index (κ2) is 6.99. The van der Waals surface area contributed by atoms with Crippen LogP contribution in [0, 0.1) is 11.8 Å². The first kappa shape index (κ1) is 11.3. The molecule has 0 amide bonds. The Morgan fingerprint density at radius 2 is 1.91 bits per heavy atom. The fraction of sp³-hybridized carbons (Fsp3) is 1.00. The second-order valence-corrected chi connectivity index (χ2v) is 4.19. The smallest absolute Gasteiger partial charge is 0.00791 e. The SMILES string of the molecule is CCCC(CCSN)C(C)C. The first-order valence-corrected chi connectivity index (χ1v) is 5.58. The molecule has 11 heavy (non-hydrogen) atoms. The van der Waals surface area contributed by atoms with Crippen LogP contribution in [0.15, 0.2) is 0 Å². The lowest BCUT2D eigenvalue weighted by Crippen LogP contribution is -2.09. The van der Waals surface area contributed by atoms with E-state index >= 15 is 0 Å². The fourth-order valence-electron chi connectivity index (χ4n) is 1.40. The Hall–Kier alpha value is 0.310. The predicted molar refractivity (Wildman–Crippen MR) is 54.5 cm³/mol. The molecule has 0 aliphatic carbocycles. The van der Waals surface area contributed by atoms with Gasteiger partial charge in [-0.1, -0.05) is 45.6 Å². The molecule has 0 aromatic rings. The van der Waals surface area contributed by atoms with Crippen molar-refractivity contribution in [1.82, 2.24) is 0 Å². The highest BCUT2D eigenvalue weighted by molar-refractivity contribution is 7.97. The maximum absolute atomic E-state index is 5.39. The van der Waals surface area contributed by atoms with E-state index in [9.17, 15) is 0 Å². The third kappa shape index (κ3) is 5.57. The lowest BCUT2D eigenvalue weighted by atomic mass is 9.89. The number of nitrogens with two attached hydrogens (primary N) is 1. The molecule has 0 aliphatic rings. The lowest BCUT2D eigenvalue weighted by molar-refractivity contribution is 0.348. The van der Waals surface area contributed by atoms with Gasteiger partial charge in [-0.15, -0.1) is 0 Å². The van der Waals surface area contributed by atoms with Gasteiger partial charge in [-0.05, 0) is 18.3 Å². The molecule has 0 spiro atoms. The van der Waals surface area contributed by atoms with E-state index in [1.165, 1.54) is 31.2 Å². The van der Waals surface area contributed by atoms with Crippen LogP contribution in [0.5, 0.6) is 0 Å². The molecule has 2 N–H and O–H groups in total. The molecule has 0 aromatic heterocycles. The van der Waals surface area contributed by atoms with Gasteiger partial charge in [0.15, 0.2) is 0 Å². The Balaban J connectivity index is 3.51. The minimum absolute atomic E-state index is 0.821. The topological polar surface area (TPSA) is 26.0 Å². The van der Waals surface area contributed by atoms with E-state index in [4.69, 9.17) is 5.14 Å². The molecule has 0 saturated carbocycles. The van der Waals surface area contributed by atoms with Crippen molar-refractivity contribution in [3.8, 4) is 0 Å². The Morgan fingerprint density at radius 3 is 2.27 bits per heavy atom. The summed E-state index contributed by atoms with van der Waals surface area (Å²) in [4.78, 5) is 0. The van der Waals surface area contributed by atoms with Gasteiger partial charge in [-0.2, -0.15) is 0 Å². The van der Waals surface area contributed by atoms with Crippen molar-refractivity contribution in [3.05, 3.63) is 0 Å². The zero-order valence-corrected chi connectivity index (χ0v) is 8.79. The van der Waals surface area contributed by atoms with E-state index in [2.05, 4.69) is 20.8 Å². The molecule has 0 radical (unpaired) electrons. The van der Waals surface area contributed by atoms with Crippen molar-refractivity contribution < 1.29 is 0 Å². The maximum atomic E-state index is 5.39. The van der Waals surface area contributed by atoms with Gasteiger partial charge in [0.05, 0.1) is 0 Å². The van der Waals surface area contributed by atoms with Crippen molar-refractivity contribution >= 4 is 11.9 Å². The number of rotatable bonds is 6. The summed E-state index contributed by atoms with van der Waals surface area (Å²) in [6.07, 6.45) is 3.95. The third-order valence-corrected chi connectivity index (χ3v) is 2.68. The summed E-state index contributed by atoms with van der Waals surface area (Å²) in [6.45, 7) is 6.87. The highest BCUT2D eigenvalue weighted by Gasteiger charge is 2.10. The first-order valence-electron chi connectivity index (χ1n) is 4.54. The summed E-state index contributed by atoms with van der Waals surface area (Å²) in [5, 5.41) is 5.39. The predicted octanol–water partition coefficient (Wildman–Crippen LogP) is 3.06. The van der Waals surface area contributed by atoms with Gasteiger partial charge in [-0.25, -0.2) is 0 Å². The molecule has 0 fully saturated rings. The van der Waals surface area contributed by atoms with Gasteiger partial charge in [0, 0.05) is 5.75 Å². The maximum Gasteiger partial charge on any atom is 0.00791 e. The van der Waals surface area contributed by atoms with Crippen molar-refractivity contribution in [2.45, 2.75) is 40.0 Å². The standard InChI is InChI=1S/C9H21NS/c1-4-5-9(8(2)3)6-7-11-10/h8-9H,4-7,10H2,1-3H3. The van der Waals surface area contributed by atoms with Crippen molar-refractivity contribution in [3.63, 3.8) is 0 Å². The van der Waals surface area contributed by atoms with Gasteiger partial charge < -0.3 is 0 Å². The molecule has 0 saturated heterocycles. The third-order valence-electron chi connectivity index (χ3n) is 2.21. The van der Waals surface area contributed by atoms with E-state index in [0.29, 0.717) is 0 Å². The van der Waals surface area contributed by atoms with E-state index in [-0.39, 0.29) is 0 Å². The van der Waals surface area contributed by atoms with Gasteiger partial charge in [0.1, 0.15) is 0 Å². The highest BCUT2D eigenvalue weighted by atomic mass is 32.2. The Labute approximate surface area is 75.3 Å². The Kier molecular flexibility index (Phi) is 7.18. The van der Waals surface area contributed by atoms with Crippen LogP contribution < -0.4 is 5.14 Å². The minimum atomic E-state index is 0.821. The summed E-state index contributed by atoms with van der Waals surface area (Å²) in [6, 6.07) is 0. The molecule has 68 valence electrons. The minimum Gasteiger partial charge on any atom is -0.278 e. The highest BCUT2D eigenvalue weighted by Crippen LogP contribution is 2.21. The average Bonchev–Trinajstić information content (AvgIpc) is 1.97.